The molecule has 1 saturated heterocycles. The van der Waals surface area contributed by atoms with Crippen molar-refractivity contribution < 1.29 is 18.3 Å². The maximum absolute atomic E-state index is 14.9. The molecule has 0 amide bonds. The quantitative estimate of drug-likeness (QED) is 0.493. The minimum atomic E-state index is -0.766. The fraction of sp³-hybridized carbons (Fsp3) is 0.440. The molecular formula is C25H32F2N6O2. The average molecular weight is 487 g/mol. The number of rotatable bonds is 8. The van der Waals surface area contributed by atoms with Crippen LogP contribution >= 0.6 is 0 Å². The van der Waals surface area contributed by atoms with Crippen LogP contribution in [-0.4, -0.2) is 68.3 Å². The number of nitrogens with two attached hydrogens (primary N) is 1. The second-order valence-corrected chi connectivity index (χ2v) is 8.58. The molecule has 0 spiro atoms. The normalized spacial score (nSPS) is 17.3. The number of nitrogens with one attached hydrogen (secondary N) is 2. The average Bonchev–Trinajstić information content (AvgIpc) is 3.29. The second-order valence-electron chi connectivity index (χ2n) is 8.58. The fourth-order valence-electron chi connectivity index (χ4n) is 4.43. The van der Waals surface area contributed by atoms with Crippen molar-refractivity contribution in [3.63, 3.8) is 0 Å². The molecule has 1 aromatic heterocycles. The SMILES string of the molecule is CCN1CCC(N=CC(=CN)C2=Nc3c(Cc4c(F)c(OC)cc(OC)c4F)c[nH]c3NC2)CC1. The summed E-state index contributed by atoms with van der Waals surface area (Å²) in [5.41, 5.74) is 8.39. The van der Waals surface area contributed by atoms with Crippen LogP contribution in [0.3, 0.4) is 0 Å². The lowest BCUT2D eigenvalue weighted by atomic mass is 10.0. The number of hydrogen-bond acceptors (Lipinski definition) is 7. The number of aromatic nitrogens is 1. The lowest BCUT2D eigenvalue weighted by Gasteiger charge is -2.28. The molecule has 8 nitrogen and oxygen atoms in total. The van der Waals surface area contributed by atoms with Crippen molar-refractivity contribution in [1.29, 1.82) is 0 Å². The smallest absolute Gasteiger partial charge is 0.171 e. The van der Waals surface area contributed by atoms with Gasteiger partial charge in [-0.25, -0.2) is 13.8 Å². The van der Waals surface area contributed by atoms with Crippen molar-refractivity contribution in [3.05, 3.63) is 46.8 Å². The Morgan fingerprint density at radius 1 is 1.23 bits per heavy atom. The molecule has 2 aromatic rings. The summed E-state index contributed by atoms with van der Waals surface area (Å²) in [7, 11) is 2.65. The first-order valence-electron chi connectivity index (χ1n) is 11.8. The van der Waals surface area contributed by atoms with E-state index < -0.39 is 11.6 Å². The molecule has 0 atom stereocenters. The highest BCUT2D eigenvalue weighted by Gasteiger charge is 2.24. The third-order valence-electron chi connectivity index (χ3n) is 6.58. The van der Waals surface area contributed by atoms with Gasteiger partial charge in [0, 0.05) is 60.9 Å². The summed E-state index contributed by atoms with van der Waals surface area (Å²) < 4.78 is 40.0. The molecule has 35 heavy (non-hydrogen) atoms. The first kappa shape index (κ1) is 24.7. The van der Waals surface area contributed by atoms with Crippen molar-refractivity contribution in [2.75, 3.05) is 45.7 Å². The molecule has 0 unspecified atom stereocenters. The van der Waals surface area contributed by atoms with Gasteiger partial charge >= 0.3 is 0 Å². The molecule has 0 bridgehead atoms. The minimum Gasteiger partial charge on any atom is -0.494 e. The van der Waals surface area contributed by atoms with Crippen molar-refractivity contribution in [1.82, 2.24) is 9.88 Å². The Hall–Kier alpha value is -3.40. The third-order valence-corrected chi connectivity index (χ3v) is 6.58. The lowest BCUT2D eigenvalue weighted by Crippen LogP contribution is -2.35. The van der Waals surface area contributed by atoms with Gasteiger partial charge in [0.05, 0.1) is 32.5 Å². The first-order chi connectivity index (χ1) is 17.0. The van der Waals surface area contributed by atoms with Crippen molar-refractivity contribution in [2.24, 2.45) is 15.7 Å². The highest BCUT2D eigenvalue weighted by atomic mass is 19.1. The van der Waals surface area contributed by atoms with Gasteiger partial charge < -0.3 is 30.4 Å². The second kappa shape index (κ2) is 10.9. The van der Waals surface area contributed by atoms with Gasteiger partial charge in [0.1, 0.15) is 11.5 Å². The molecule has 2 aliphatic heterocycles. The summed E-state index contributed by atoms with van der Waals surface area (Å²) in [4.78, 5) is 15.0. The van der Waals surface area contributed by atoms with E-state index in [0.29, 0.717) is 34.9 Å². The number of fused-ring (bicyclic) bond motifs is 1. The van der Waals surface area contributed by atoms with Crippen LogP contribution in [0.15, 0.2) is 34.0 Å². The predicted octanol–water partition coefficient (Wildman–Crippen LogP) is 3.80. The molecule has 0 aliphatic carbocycles. The lowest BCUT2D eigenvalue weighted by molar-refractivity contribution is 0.224. The molecule has 2 aliphatic rings. The van der Waals surface area contributed by atoms with Gasteiger partial charge in [-0.1, -0.05) is 6.92 Å². The number of ether oxygens (including phenoxy) is 2. The Balaban J connectivity index is 1.58. The molecule has 3 heterocycles. The number of nitrogens with zero attached hydrogens (tertiary/aromatic N) is 3. The summed E-state index contributed by atoms with van der Waals surface area (Å²) in [5, 5.41) is 3.27. The minimum absolute atomic E-state index is 0.0404. The van der Waals surface area contributed by atoms with Crippen molar-refractivity contribution >= 4 is 23.4 Å². The summed E-state index contributed by atoms with van der Waals surface area (Å²) in [6, 6.07) is 1.46. The van der Waals surface area contributed by atoms with Gasteiger partial charge in [0.2, 0.25) is 0 Å². The van der Waals surface area contributed by atoms with Gasteiger partial charge in [-0.2, -0.15) is 0 Å². The standard InChI is InChI=1S/C25H32F2N6O2/c1-4-33-7-5-17(6-8-33)29-13-16(11-28)19-14-31-25-24(32-19)15(12-30-25)9-18-22(26)20(34-2)10-21(35-3)23(18)27/h10-13,17,30-31H,4-9,14,28H2,1-3H3. The predicted molar refractivity (Wildman–Crippen MR) is 135 cm³/mol. The van der Waals surface area contributed by atoms with E-state index in [1.807, 2.05) is 0 Å². The van der Waals surface area contributed by atoms with Crippen LogP contribution in [0, 0.1) is 11.6 Å². The highest BCUT2D eigenvalue weighted by molar-refractivity contribution is 6.19. The van der Waals surface area contributed by atoms with E-state index in [1.165, 1.54) is 26.5 Å². The van der Waals surface area contributed by atoms with Gasteiger partial charge in [-0.15, -0.1) is 0 Å². The maximum Gasteiger partial charge on any atom is 0.171 e. The van der Waals surface area contributed by atoms with Crippen molar-refractivity contribution in [2.45, 2.75) is 32.2 Å². The number of benzene rings is 1. The Labute approximate surface area is 203 Å². The maximum atomic E-state index is 14.9. The number of piperidine rings is 1. The molecule has 10 heteroatoms. The van der Waals surface area contributed by atoms with Crippen LogP contribution in [-0.2, 0) is 6.42 Å². The van der Waals surface area contributed by atoms with Crippen LogP contribution in [0.4, 0.5) is 20.3 Å². The number of aromatic amines is 1. The number of hydrogen-bond donors (Lipinski definition) is 3. The monoisotopic (exact) mass is 486 g/mol. The third kappa shape index (κ3) is 5.17. The number of aliphatic imine (C=N–C) groups is 2. The molecule has 4 N–H and O–H groups in total. The van der Waals surface area contributed by atoms with Gasteiger partial charge in [0.15, 0.2) is 23.1 Å². The summed E-state index contributed by atoms with van der Waals surface area (Å²) in [6.45, 7) is 5.77. The van der Waals surface area contributed by atoms with E-state index in [9.17, 15) is 8.78 Å². The van der Waals surface area contributed by atoms with Crippen LogP contribution in [0.5, 0.6) is 11.5 Å². The van der Waals surface area contributed by atoms with Crippen molar-refractivity contribution in [3.8, 4) is 11.5 Å². The summed E-state index contributed by atoms with van der Waals surface area (Å²) >= 11 is 0. The molecular weight excluding hydrogens is 454 g/mol. The van der Waals surface area contributed by atoms with Gasteiger partial charge in [-0.3, -0.25) is 4.99 Å². The zero-order chi connectivity index (χ0) is 24.9. The number of anilines is 1. The van der Waals surface area contributed by atoms with Gasteiger partial charge in [0.25, 0.3) is 0 Å². The first-order valence-corrected chi connectivity index (χ1v) is 11.8. The number of likely N-dealkylation sites (tertiary alicyclic amines) is 1. The zero-order valence-corrected chi connectivity index (χ0v) is 20.3. The Morgan fingerprint density at radius 2 is 1.91 bits per heavy atom. The largest absolute Gasteiger partial charge is 0.494 e. The van der Waals surface area contributed by atoms with E-state index in [1.54, 1.807) is 12.4 Å². The van der Waals surface area contributed by atoms with E-state index in [2.05, 4.69) is 22.1 Å². The van der Waals surface area contributed by atoms with E-state index in [4.69, 9.17) is 25.2 Å². The Bertz CT molecular complexity index is 1120. The molecule has 1 aromatic carbocycles. The number of halogens is 2. The fourth-order valence-corrected chi connectivity index (χ4v) is 4.43. The van der Waals surface area contributed by atoms with E-state index in [0.717, 1.165) is 32.5 Å². The zero-order valence-electron chi connectivity index (χ0n) is 20.3. The molecule has 1 fully saturated rings. The van der Waals surface area contributed by atoms with E-state index >= 15 is 0 Å². The van der Waals surface area contributed by atoms with Gasteiger partial charge in [-0.05, 0) is 19.4 Å². The number of H-pyrrole nitrogens is 1. The Morgan fingerprint density at radius 3 is 2.51 bits per heavy atom. The Kier molecular flexibility index (Phi) is 7.70. The molecule has 0 radical (unpaired) electrons. The molecule has 188 valence electrons. The topological polar surface area (TPSA) is 100 Å². The summed E-state index contributed by atoms with van der Waals surface area (Å²) in [6.07, 6.45) is 6.96. The molecule has 4 rings (SSSR count). The van der Waals surface area contributed by atoms with Crippen LogP contribution in [0.25, 0.3) is 0 Å². The van der Waals surface area contributed by atoms with E-state index in [-0.39, 0.29) is 29.5 Å². The van der Waals surface area contributed by atoms with Crippen LogP contribution < -0.4 is 20.5 Å². The molecule has 0 saturated carbocycles. The highest BCUT2D eigenvalue weighted by Crippen LogP contribution is 2.37. The summed E-state index contributed by atoms with van der Waals surface area (Å²) in [5.74, 6) is -1.02. The number of methoxy groups -OCH3 is 2. The van der Waals surface area contributed by atoms with Crippen LogP contribution in [0.1, 0.15) is 30.9 Å². The van der Waals surface area contributed by atoms with Crippen LogP contribution in [0.2, 0.25) is 0 Å².